The number of rotatable bonds is 7. The summed E-state index contributed by atoms with van der Waals surface area (Å²) in [6.45, 7) is 1.25. The van der Waals surface area contributed by atoms with Crippen LogP contribution in [0.5, 0.6) is 0 Å². The third kappa shape index (κ3) is 6.81. The lowest BCUT2D eigenvalue weighted by molar-refractivity contribution is -0.139. The minimum Gasteiger partial charge on any atom is -0.460 e. The highest BCUT2D eigenvalue weighted by Gasteiger charge is 1.96. The Kier molecular flexibility index (Phi) is 7.18. The fraction of sp³-hybridized carbons (Fsp3) is 0.308. The van der Waals surface area contributed by atoms with E-state index in [1.165, 1.54) is 6.08 Å². The number of hydrogen-bond acceptors (Lipinski definition) is 4. The van der Waals surface area contributed by atoms with Crippen LogP contribution in [0, 0.1) is 0 Å². The number of ether oxygens (including phenoxy) is 2. The van der Waals surface area contributed by atoms with E-state index in [2.05, 4.69) is 12.6 Å². The predicted octanol–water partition coefficient (Wildman–Crippen LogP) is 2.19. The molecule has 17 heavy (non-hydrogen) atoms. The minimum absolute atomic E-state index is 0.270. The molecule has 0 aliphatic rings. The van der Waals surface area contributed by atoms with Crippen LogP contribution in [0.1, 0.15) is 5.56 Å². The van der Waals surface area contributed by atoms with Gasteiger partial charge in [-0.05, 0) is 11.6 Å². The molecule has 4 heteroatoms. The fourth-order valence-electron chi connectivity index (χ4n) is 1.14. The van der Waals surface area contributed by atoms with Crippen molar-refractivity contribution >= 4 is 24.7 Å². The Morgan fingerprint density at radius 2 is 1.94 bits per heavy atom. The van der Waals surface area contributed by atoms with Crippen LogP contribution in [0.4, 0.5) is 0 Å². The molecule has 0 aromatic heterocycles. The van der Waals surface area contributed by atoms with Crippen LogP contribution >= 0.6 is 12.6 Å². The van der Waals surface area contributed by atoms with Crippen molar-refractivity contribution in [2.45, 2.75) is 0 Å². The van der Waals surface area contributed by atoms with Gasteiger partial charge in [0, 0.05) is 11.8 Å². The molecule has 0 radical (unpaired) electrons. The van der Waals surface area contributed by atoms with E-state index in [1.807, 2.05) is 30.3 Å². The molecule has 0 amide bonds. The Balaban J connectivity index is 2.19. The zero-order valence-corrected chi connectivity index (χ0v) is 10.4. The van der Waals surface area contributed by atoms with Gasteiger partial charge in [-0.2, -0.15) is 12.6 Å². The first kappa shape index (κ1) is 13.8. The molecule has 0 saturated carbocycles. The molecule has 0 bridgehead atoms. The van der Waals surface area contributed by atoms with Crippen molar-refractivity contribution in [3.8, 4) is 0 Å². The SMILES string of the molecule is O=C(/C=C/c1ccccc1)OCCOCCS. The number of esters is 1. The minimum atomic E-state index is -0.358. The number of thiol groups is 1. The molecule has 1 aromatic rings. The lowest BCUT2D eigenvalue weighted by Crippen LogP contribution is -2.09. The van der Waals surface area contributed by atoms with Crippen LogP contribution in [0.2, 0.25) is 0 Å². The molecule has 0 N–H and O–H groups in total. The molecule has 0 aliphatic carbocycles. The number of carbonyl (C=O) groups excluding carboxylic acids is 1. The van der Waals surface area contributed by atoms with Crippen LogP contribution < -0.4 is 0 Å². The van der Waals surface area contributed by atoms with Gasteiger partial charge in [-0.25, -0.2) is 4.79 Å². The first-order chi connectivity index (χ1) is 8.33. The van der Waals surface area contributed by atoms with Gasteiger partial charge in [-0.15, -0.1) is 0 Å². The van der Waals surface area contributed by atoms with Crippen molar-refractivity contribution in [2.24, 2.45) is 0 Å². The molecule has 0 fully saturated rings. The van der Waals surface area contributed by atoms with Crippen LogP contribution in [0.25, 0.3) is 6.08 Å². The van der Waals surface area contributed by atoms with Gasteiger partial charge in [0.25, 0.3) is 0 Å². The molecular weight excluding hydrogens is 236 g/mol. The smallest absolute Gasteiger partial charge is 0.330 e. The number of hydrogen-bond donors (Lipinski definition) is 1. The third-order valence-electron chi connectivity index (χ3n) is 1.92. The summed E-state index contributed by atoms with van der Waals surface area (Å²) in [4.78, 5) is 11.3. The maximum absolute atomic E-state index is 11.3. The van der Waals surface area contributed by atoms with Gasteiger partial charge < -0.3 is 9.47 Å². The first-order valence-electron chi connectivity index (χ1n) is 5.41. The summed E-state index contributed by atoms with van der Waals surface area (Å²) in [5.41, 5.74) is 0.968. The summed E-state index contributed by atoms with van der Waals surface area (Å²) in [6, 6.07) is 9.58. The van der Waals surface area contributed by atoms with Crippen molar-refractivity contribution in [2.75, 3.05) is 25.6 Å². The summed E-state index contributed by atoms with van der Waals surface area (Å²) >= 11 is 3.99. The monoisotopic (exact) mass is 252 g/mol. The third-order valence-corrected chi connectivity index (χ3v) is 2.10. The average Bonchev–Trinajstić information content (AvgIpc) is 2.37. The van der Waals surface area contributed by atoms with E-state index in [0.717, 1.165) is 5.56 Å². The van der Waals surface area contributed by atoms with E-state index in [9.17, 15) is 4.79 Å². The highest BCUT2D eigenvalue weighted by atomic mass is 32.1. The molecular formula is C13H16O3S. The molecule has 0 aliphatic heterocycles. The Hall–Kier alpha value is -1.26. The Morgan fingerprint density at radius 1 is 1.18 bits per heavy atom. The molecule has 1 aromatic carbocycles. The molecule has 0 atom stereocenters. The van der Waals surface area contributed by atoms with Gasteiger partial charge in [-0.1, -0.05) is 30.3 Å². The molecule has 92 valence electrons. The van der Waals surface area contributed by atoms with Crippen molar-refractivity contribution < 1.29 is 14.3 Å². The van der Waals surface area contributed by atoms with Crippen LogP contribution in [-0.2, 0) is 14.3 Å². The lowest BCUT2D eigenvalue weighted by Gasteiger charge is -2.02. The predicted molar refractivity (Wildman–Crippen MR) is 71.1 cm³/mol. The summed E-state index contributed by atoms with van der Waals surface area (Å²) in [5, 5.41) is 0. The summed E-state index contributed by atoms with van der Waals surface area (Å²) in [7, 11) is 0. The molecule has 0 saturated heterocycles. The highest BCUT2D eigenvalue weighted by Crippen LogP contribution is 2.00. The normalized spacial score (nSPS) is 10.6. The zero-order valence-electron chi connectivity index (χ0n) is 9.54. The second-order valence-electron chi connectivity index (χ2n) is 3.25. The van der Waals surface area contributed by atoms with Crippen LogP contribution in [0.3, 0.4) is 0 Å². The Labute approximate surface area is 107 Å². The summed E-state index contributed by atoms with van der Waals surface area (Å²) < 4.78 is 10.1. The van der Waals surface area contributed by atoms with E-state index in [-0.39, 0.29) is 12.6 Å². The van der Waals surface area contributed by atoms with Crippen molar-refractivity contribution in [3.63, 3.8) is 0 Å². The fourth-order valence-corrected chi connectivity index (χ4v) is 1.27. The van der Waals surface area contributed by atoms with E-state index in [4.69, 9.17) is 9.47 Å². The second kappa shape index (κ2) is 8.84. The van der Waals surface area contributed by atoms with Gasteiger partial charge in [-0.3, -0.25) is 0 Å². The Morgan fingerprint density at radius 3 is 2.65 bits per heavy atom. The molecule has 0 spiro atoms. The summed E-state index contributed by atoms with van der Waals surface area (Å²) in [6.07, 6.45) is 3.13. The molecule has 1 rings (SSSR count). The topological polar surface area (TPSA) is 35.5 Å². The van der Waals surface area contributed by atoms with Crippen molar-refractivity contribution in [1.82, 2.24) is 0 Å². The van der Waals surface area contributed by atoms with Gasteiger partial charge >= 0.3 is 5.97 Å². The molecule has 3 nitrogen and oxygen atoms in total. The number of carbonyl (C=O) groups is 1. The van der Waals surface area contributed by atoms with Gasteiger partial charge in [0.1, 0.15) is 6.61 Å². The van der Waals surface area contributed by atoms with E-state index in [0.29, 0.717) is 19.0 Å². The number of benzene rings is 1. The highest BCUT2D eigenvalue weighted by molar-refractivity contribution is 7.80. The zero-order chi connectivity index (χ0) is 12.3. The maximum atomic E-state index is 11.3. The van der Waals surface area contributed by atoms with Crippen LogP contribution in [-0.4, -0.2) is 31.5 Å². The quantitative estimate of drug-likeness (QED) is 0.350. The second-order valence-corrected chi connectivity index (χ2v) is 3.69. The van der Waals surface area contributed by atoms with Gasteiger partial charge in [0.15, 0.2) is 0 Å². The standard InChI is InChI=1S/C13H16O3S/c14-13(16-9-8-15-10-11-17)7-6-12-4-2-1-3-5-12/h1-7,17H,8-11H2/b7-6+. The van der Waals surface area contributed by atoms with Gasteiger partial charge in [0.2, 0.25) is 0 Å². The van der Waals surface area contributed by atoms with E-state index < -0.39 is 0 Å². The van der Waals surface area contributed by atoms with E-state index in [1.54, 1.807) is 6.08 Å². The summed E-state index contributed by atoms with van der Waals surface area (Å²) in [5.74, 6) is 0.310. The lowest BCUT2D eigenvalue weighted by atomic mass is 10.2. The largest absolute Gasteiger partial charge is 0.460 e. The average molecular weight is 252 g/mol. The first-order valence-corrected chi connectivity index (χ1v) is 6.04. The van der Waals surface area contributed by atoms with Crippen molar-refractivity contribution in [3.05, 3.63) is 42.0 Å². The van der Waals surface area contributed by atoms with Crippen LogP contribution in [0.15, 0.2) is 36.4 Å². The molecule has 0 unspecified atom stereocenters. The van der Waals surface area contributed by atoms with Crippen molar-refractivity contribution in [1.29, 1.82) is 0 Å². The maximum Gasteiger partial charge on any atom is 0.330 e. The van der Waals surface area contributed by atoms with Gasteiger partial charge in [0.05, 0.1) is 13.2 Å². The Bertz CT molecular complexity index is 349. The van der Waals surface area contributed by atoms with E-state index >= 15 is 0 Å². The molecule has 0 heterocycles.